The van der Waals surface area contributed by atoms with Crippen molar-refractivity contribution in [3.63, 3.8) is 0 Å². The van der Waals surface area contributed by atoms with E-state index in [0.29, 0.717) is 11.5 Å². The number of esters is 1. The van der Waals surface area contributed by atoms with Crippen molar-refractivity contribution in [1.82, 2.24) is 25.6 Å². The average molecular weight is 546 g/mol. The highest BCUT2D eigenvalue weighted by Gasteiger charge is 2.30. The highest BCUT2D eigenvalue weighted by Crippen LogP contribution is 2.20. The van der Waals surface area contributed by atoms with Gasteiger partial charge in [0.15, 0.2) is 0 Å². The molecule has 10 nitrogen and oxygen atoms in total. The van der Waals surface area contributed by atoms with Crippen LogP contribution in [0.3, 0.4) is 0 Å². The number of aromatic amines is 2. The van der Waals surface area contributed by atoms with Crippen LogP contribution in [0.25, 0.3) is 22.3 Å². The topological polar surface area (TPSA) is 138 Å². The zero-order chi connectivity index (χ0) is 28.9. The summed E-state index contributed by atoms with van der Waals surface area (Å²) < 4.78 is 10.4. The molecular weight excluding hydrogens is 510 g/mol. The van der Waals surface area contributed by atoms with Crippen LogP contribution in [0, 0.1) is 6.92 Å². The molecule has 0 fully saturated rings. The number of carbonyl (C=O) groups excluding carboxylic acids is 3. The Balaban J connectivity index is 1.54. The normalized spacial score (nSPS) is 12.9. The SMILES string of the molecule is COC(=O)[C@H](Cc1cnc(-c2ccc(C)cc2)[nH]1)NC(=O)[C@H](Cc1c[nH]c2ccccc12)NC(=O)OC(C)(C)C. The van der Waals surface area contributed by atoms with Crippen molar-refractivity contribution in [2.75, 3.05) is 7.11 Å². The lowest BCUT2D eigenvalue weighted by Crippen LogP contribution is -2.54. The number of rotatable bonds is 9. The highest BCUT2D eigenvalue weighted by atomic mass is 16.6. The standard InChI is InChI=1S/C30H35N5O5/c1-18-10-12-19(13-11-18)26-32-17-21(33-26)15-25(28(37)39-5)34-27(36)24(35-29(38)40-30(2,3)4)14-20-16-31-23-9-7-6-8-22(20)23/h6-13,16-17,24-25,31H,14-15H2,1-5H3,(H,32,33)(H,34,36)(H,35,38)/t24-,25-/m0/s1. The van der Waals surface area contributed by atoms with Gasteiger partial charge in [0, 0.05) is 47.4 Å². The fraction of sp³-hybridized carbons (Fsp3) is 0.333. The van der Waals surface area contributed by atoms with Gasteiger partial charge in [0.2, 0.25) is 5.91 Å². The minimum absolute atomic E-state index is 0.115. The second-order valence-electron chi connectivity index (χ2n) is 10.7. The number of alkyl carbamates (subject to hydrolysis) is 1. The molecule has 0 bridgehead atoms. The van der Waals surface area contributed by atoms with Crippen LogP contribution in [0.15, 0.2) is 60.9 Å². The maximum absolute atomic E-state index is 13.6. The monoisotopic (exact) mass is 545 g/mol. The molecule has 2 atom stereocenters. The molecule has 4 rings (SSSR count). The lowest BCUT2D eigenvalue weighted by molar-refractivity contribution is -0.145. The van der Waals surface area contributed by atoms with Crippen molar-refractivity contribution in [3.8, 4) is 11.4 Å². The van der Waals surface area contributed by atoms with Gasteiger partial charge in [0.1, 0.15) is 23.5 Å². The van der Waals surface area contributed by atoms with E-state index in [1.807, 2.05) is 55.5 Å². The Labute approximate surface area is 232 Å². The summed E-state index contributed by atoms with van der Waals surface area (Å²) in [6.07, 6.45) is 2.98. The number of imidazole rings is 1. The molecule has 2 amide bonds. The van der Waals surface area contributed by atoms with Gasteiger partial charge >= 0.3 is 12.1 Å². The fourth-order valence-electron chi connectivity index (χ4n) is 4.33. The number of hydrogen-bond acceptors (Lipinski definition) is 6. The van der Waals surface area contributed by atoms with E-state index < -0.39 is 35.7 Å². The minimum atomic E-state index is -1.02. The third-order valence-electron chi connectivity index (χ3n) is 6.29. The van der Waals surface area contributed by atoms with Crippen LogP contribution in [0.5, 0.6) is 0 Å². The lowest BCUT2D eigenvalue weighted by Gasteiger charge is -2.24. The number of carbonyl (C=O) groups is 3. The van der Waals surface area contributed by atoms with Crippen LogP contribution >= 0.6 is 0 Å². The van der Waals surface area contributed by atoms with Gasteiger partial charge in [0.25, 0.3) is 0 Å². The second kappa shape index (κ2) is 12.1. The van der Waals surface area contributed by atoms with Gasteiger partial charge < -0.3 is 30.1 Å². The zero-order valence-corrected chi connectivity index (χ0v) is 23.3. The maximum atomic E-state index is 13.6. The smallest absolute Gasteiger partial charge is 0.408 e. The highest BCUT2D eigenvalue weighted by molar-refractivity contribution is 5.91. The van der Waals surface area contributed by atoms with Gasteiger partial charge in [-0.25, -0.2) is 14.6 Å². The van der Waals surface area contributed by atoms with E-state index in [0.717, 1.165) is 27.6 Å². The number of nitrogens with zero attached hydrogens (tertiary/aromatic N) is 1. The first-order chi connectivity index (χ1) is 19.0. The second-order valence-corrected chi connectivity index (χ2v) is 10.7. The van der Waals surface area contributed by atoms with Crippen LogP contribution in [-0.4, -0.2) is 57.7 Å². The summed E-state index contributed by atoms with van der Waals surface area (Å²) in [5.41, 5.74) is 3.65. The van der Waals surface area contributed by atoms with Crippen LogP contribution < -0.4 is 10.6 Å². The zero-order valence-electron chi connectivity index (χ0n) is 23.3. The van der Waals surface area contributed by atoms with Crippen LogP contribution in [-0.2, 0) is 31.9 Å². The summed E-state index contributed by atoms with van der Waals surface area (Å²) in [7, 11) is 1.26. The Morgan fingerprint density at radius 2 is 1.70 bits per heavy atom. The number of methoxy groups -OCH3 is 1. The number of amides is 2. The molecule has 210 valence electrons. The van der Waals surface area contributed by atoms with E-state index in [1.54, 1.807) is 33.2 Å². The largest absolute Gasteiger partial charge is 0.467 e. The molecule has 4 aromatic rings. The number of nitrogens with one attached hydrogen (secondary N) is 4. The molecule has 40 heavy (non-hydrogen) atoms. The summed E-state index contributed by atoms with van der Waals surface area (Å²) in [5.74, 6) is -0.526. The van der Waals surface area contributed by atoms with Crippen LogP contribution in [0.1, 0.15) is 37.6 Å². The first-order valence-electron chi connectivity index (χ1n) is 13.1. The third-order valence-corrected chi connectivity index (χ3v) is 6.29. The first-order valence-corrected chi connectivity index (χ1v) is 13.1. The lowest BCUT2D eigenvalue weighted by atomic mass is 10.0. The Morgan fingerprint density at radius 3 is 2.40 bits per heavy atom. The van der Waals surface area contributed by atoms with E-state index in [-0.39, 0.29) is 12.8 Å². The molecule has 4 N–H and O–H groups in total. The molecule has 2 aromatic carbocycles. The Bertz CT molecular complexity index is 1480. The van der Waals surface area contributed by atoms with Crippen molar-refractivity contribution in [2.45, 2.75) is 58.2 Å². The summed E-state index contributed by atoms with van der Waals surface area (Å²) in [6, 6.07) is 13.5. The van der Waals surface area contributed by atoms with E-state index >= 15 is 0 Å². The Hall–Kier alpha value is -4.60. The number of aromatic nitrogens is 3. The van der Waals surface area contributed by atoms with Gasteiger partial charge in [-0.15, -0.1) is 0 Å². The summed E-state index contributed by atoms with van der Waals surface area (Å²) in [5, 5.41) is 6.36. The van der Waals surface area contributed by atoms with E-state index in [1.165, 1.54) is 7.11 Å². The fourth-order valence-corrected chi connectivity index (χ4v) is 4.33. The van der Waals surface area contributed by atoms with E-state index in [9.17, 15) is 14.4 Å². The van der Waals surface area contributed by atoms with Gasteiger partial charge in [0.05, 0.1) is 7.11 Å². The number of fused-ring (bicyclic) bond motifs is 1. The predicted molar refractivity (Wildman–Crippen MR) is 152 cm³/mol. The van der Waals surface area contributed by atoms with Gasteiger partial charge in [-0.1, -0.05) is 48.0 Å². The van der Waals surface area contributed by atoms with E-state index in [4.69, 9.17) is 9.47 Å². The van der Waals surface area contributed by atoms with Gasteiger partial charge in [-0.05, 0) is 39.3 Å². The molecule has 2 heterocycles. The predicted octanol–water partition coefficient (Wildman–Crippen LogP) is 4.20. The maximum Gasteiger partial charge on any atom is 0.408 e. The van der Waals surface area contributed by atoms with Crippen molar-refractivity contribution in [3.05, 3.63) is 77.7 Å². The number of hydrogen-bond donors (Lipinski definition) is 4. The molecule has 0 radical (unpaired) electrons. The van der Waals surface area contributed by atoms with Crippen molar-refractivity contribution in [1.29, 1.82) is 0 Å². The molecule has 2 aromatic heterocycles. The molecule has 0 aliphatic rings. The number of H-pyrrole nitrogens is 2. The summed E-state index contributed by atoms with van der Waals surface area (Å²) in [6.45, 7) is 7.22. The first kappa shape index (κ1) is 28.4. The van der Waals surface area contributed by atoms with Gasteiger partial charge in [-0.3, -0.25) is 4.79 Å². The molecule has 10 heteroatoms. The number of benzene rings is 2. The summed E-state index contributed by atoms with van der Waals surface area (Å²) in [4.78, 5) is 49.7. The van der Waals surface area contributed by atoms with Crippen molar-refractivity contribution in [2.24, 2.45) is 0 Å². The Morgan fingerprint density at radius 1 is 0.975 bits per heavy atom. The Kier molecular flexibility index (Phi) is 8.57. The number of ether oxygens (including phenoxy) is 2. The number of para-hydroxylation sites is 1. The molecule has 0 spiro atoms. The van der Waals surface area contributed by atoms with Crippen LogP contribution in [0.4, 0.5) is 4.79 Å². The number of aryl methyl sites for hydroxylation is 1. The van der Waals surface area contributed by atoms with Crippen molar-refractivity contribution >= 4 is 28.9 Å². The summed E-state index contributed by atoms with van der Waals surface area (Å²) >= 11 is 0. The molecular formula is C30H35N5O5. The van der Waals surface area contributed by atoms with Gasteiger partial charge in [-0.2, -0.15) is 0 Å². The van der Waals surface area contributed by atoms with E-state index in [2.05, 4.69) is 25.6 Å². The molecule has 0 aliphatic heterocycles. The molecule has 0 unspecified atom stereocenters. The molecule has 0 saturated heterocycles. The van der Waals surface area contributed by atoms with Crippen molar-refractivity contribution < 1.29 is 23.9 Å². The minimum Gasteiger partial charge on any atom is -0.467 e. The average Bonchev–Trinajstić information content (AvgIpc) is 3.54. The quantitative estimate of drug-likeness (QED) is 0.233. The van der Waals surface area contributed by atoms with Crippen LogP contribution in [0.2, 0.25) is 0 Å². The molecule has 0 saturated carbocycles. The third kappa shape index (κ3) is 7.28. The molecule has 0 aliphatic carbocycles.